The van der Waals surface area contributed by atoms with Gasteiger partial charge in [0, 0.05) is 6.07 Å². The van der Waals surface area contributed by atoms with E-state index in [0.717, 1.165) is 0 Å². The molecule has 0 fully saturated rings. The van der Waals surface area contributed by atoms with Crippen molar-refractivity contribution in [3.63, 3.8) is 0 Å². The van der Waals surface area contributed by atoms with E-state index in [4.69, 9.17) is 0 Å². The zero-order valence-corrected chi connectivity index (χ0v) is 11.6. The first-order valence-corrected chi connectivity index (χ1v) is 7.55. The number of nitrogens with one attached hydrogen (secondary N) is 1. The number of aliphatic hydroxyl groups excluding tert-OH is 1. The first-order chi connectivity index (χ1) is 9.92. The Balaban J connectivity index is 2.31. The lowest BCUT2D eigenvalue weighted by atomic mass is 10.1. The standard InChI is InChI=1S/C14H13F2NO3S/c15-11-6-12(16)8-13(7-11)21(19,20)17-14(9-18)10-4-2-1-3-5-10/h1-8,14,17-18H,9H2. The minimum absolute atomic E-state index is 0.485. The number of sulfonamides is 1. The molecule has 0 aliphatic carbocycles. The molecule has 7 heteroatoms. The molecule has 21 heavy (non-hydrogen) atoms. The van der Waals surface area contributed by atoms with Crippen LogP contribution in [-0.4, -0.2) is 20.1 Å². The van der Waals surface area contributed by atoms with E-state index in [0.29, 0.717) is 23.8 Å². The lowest BCUT2D eigenvalue weighted by Gasteiger charge is -2.17. The highest BCUT2D eigenvalue weighted by atomic mass is 32.2. The molecule has 0 aliphatic heterocycles. The second-order valence-electron chi connectivity index (χ2n) is 4.37. The fourth-order valence-electron chi connectivity index (χ4n) is 1.84. The largest absolute Gasteiger partial charge is 0.394 e. The monoisotopic (exact) mass is 313 g/mol. The zero-order chi connectivity index (χ0) is 15.5. The van der Waals surface area contributed by atoms with Gasteiger partial charge in [-0.25, -0.2) is 21.9 Å². The SMILES string of the molecule is O=S(=O)(NC(CO)c1ccccc1)c1cc(F)cc(F)c1. The Hall–Kier alpha value is -1.83. The molecule has 0 heterocycles. The number of rotatable bonds is 5. The average molecular weight is 313 g/mol. The topological polar surface area (TPSA) is 66.4 Å². The van der Waals surface area contributed by atoms with Crippen LogP contribution in [0.4, 0.5) is 8.78 Å². The van der Waals surface area contributed by atoms with Crippen molar-refractivity contribution in [2.75, 3.05) is 6.61 Å². The number of hydrogen-bond acceptors (Lipinski definition) is 3. The average Bonchev–Trinajstić information content (AvgIpc) is 2.45. The van der Waals surface area contributed by atoms with Gasteiger partial charge in [0.25, 0.3) is 0 Å². The molecule has 1 atom stereocenters. The van der Waals surface area contributed by atoms with Crippen LogP contribution in [0.15, 0.2) is 53.4 Å². The summed E-state index contributed by atoms with van der Waals surface area (Å²) in [6.45, 7) is -0.485. The van der Waals surface area contributed by atoms with Gasteiger partial charge in [-0.3, -0.25) is 0 Å². The van der Waals surface area contributed by atoms with Crippen molar-refractivity contribution < 1.29 is 22.3 Å². The molecular weight excluding hydrogens is 300 g/mol. The molecule has 0 bridgehead atoms. The Kier molecular flexibility index (Phi) is 4.66. The first kappa shape index (κ1) is 15.6. The van der Waals surface area contributed by atoms with Gasteiger partial charge < -0.3 is 5.11 Å². The number of aliphatic hydroxyl groups is 1. The molecule has 0 radical (unpaired) electrons. The summed E-state index contributed by atoms with van der Waals surface area (Å²) in [4.78, 5) is -0.533. The van der Waals surface area contributed by atoms with Crippen molar-refractivity contribution in [3.8, 4) is 0 Å². The summed E-state index contributed by atoms with van der Waals surface area (Å²) in [5.41, 5.74) is 0.542. The summed E-state index contributed by atoms with van der Waals surface area (Å²) in [5.74, 6) is -1.98. The van der Waals surface area contributed by atoms with Crippen LogP contribution in [0.3, 0.4) is 0 Å². The van der Waals surface area contributed by atoms with Crippen LogP contribution in [0.2, 0.25) is 0 Å². The predicted molar refractivity (Wildman–Crippen MR) is 72.9 cm³/mol. The summed E-state index contributed by atoms with van der Waals surface area (Å²) in [5, 5.41) is 9.32. The van der Waals surface area contributed by atoms with Gasteiger partial charge in [0.2, 0.25) is 10.0 Å². The second kappa shape index (κ2) is 6.30. The molecule has 2 aromatic carbocycles. The van der Waals surface area contributed by atoms with Gasteiger partial charge in [0.1, 0.15) is 11.6 Å². The van der Waals surface area contributed by atoms with Gasteiger partial charge in [-0.05, 0) is 17.7 Å². The second-order valence-corrected chi connectivity index (χ2v) is 6.09. The maximum Gasteiger partial charge on any atom is 0.241 e. The molecule has 0 aromatic heterocycles. The van der Waals surface area contributed by atoms with Gasteiger partial charge in [0.05, 0.1) is 17.5 Å². The van der Waals surface area contributed by atoms with E-state index in [1.54, 1.807) is 30.3 Å². The minimum atomic E-state index is -4.15. The van der Waals surface area contributed by atoms with E-state index in [-0.39, 0.29) is 0 Å². The predicted octanol–water partition coefficient (Wildman–Crippen LogP) is 1.98. The fraction of sp³-hybridized carbons (Fsp3) is 0.143. The Morgan fingerprint density at radius 2 is 1.62 bits per heavy atom. The molecule has 0 saturated heterocycles. The molecule has 1 unspecified atom stereocenters. The smallest absolute Gasteiger partial charge is 0.241 e. The van der Waals surface area contributed by atoms with Gasteiger partial charge in [-0.2, -0.15) is 0 Å². The van der Waals surface area contributed by atoms with E-state index in [9.17, 15) is 22.3 Å². The highest BCUT2D eigenvalue weighted by molar-refractivity contribution is 7.89. The van der Waals surface area contributed by atoms with Gasteiger partial charge in [0.15, 0.2) is 0 Å². The number of halogens is 2. The summed E-state index contributed by atoms with van der Waals surface area (Å²) in [6.07, 6.45) is 0. The molecule has 0 spiro atoms. The van der Waals surface area contributed by atoms with Crippen LogP contribution in [-0.2, 0) is 10.0 Å². The molecule has 4 nitrogen and oxygen atoms in total. The van der Waals surface area contributed by atoms with Crippen molar-refractivity contribution in [2.24, 2.45) is 0 Å². The van der Waals surface area contributed by atoms with Crippen molar-refractivity contribution in [1.29, 1.82) is 0 Å². The Labute approximate surface area is 121 Å². The summed E-state index contributed by atoms with van der Waals surface area (Å²) in [7, 11) is -4.15. The van der Waals surface area contributed by atoms with Crippen LogP contribution in [0.25, 0.3) is 0 Å². The highest BCUT2D eigenvalue weighted by Gasteiger charge is 2.22. The quantitative estimate of drug-likeness (QED) is 0.887. The van der Waals surface area contributed by atoms with E-state index >= 15 is 0 Å². The Morgan fingerprint density at radius 3 is 2.14 bits per heavy atom. The lowest BCUT2D eigenvalue weighted by Crippen LogP contribution is -2.31. The Morgan fingerprint density at radius 1 is 1.05 bits per heavy atom. The minimum Gasteiger partial charge on any atom is -0.394 e. The highest BCUT2D eigenvalue weighted by Crippen LogP contribution is 2.18. The third kappa shape index (κ3) is 3.84. The molecule has 0 aliphatic rings. The molecule has 2 N–H and O–H groups in total. The lowest BCUT2D eigenvalue weighted by molar-refractivity contribution is 0.259. The molecule has 0 saturated carbocycles. The molecule has 2 rings (SSSR count). The van der Waals surface area contributed by atoms with Gasteiger partial charge in [-0.15, -0.1) is 0 Å². The van der Waals surface area contributed by atoms with E-state index in [1.807, 2.05) is 0 Å². The number of hydrogen-bond donors (Lipinski definition) is 2. The summed E-state index contributed by atoms with van der Waals surface area (Å²) >= 11 is 0. The van der Waals surface area contributed by atoms with Crippen LogP contribution in [0, 0.1) is 11.6 Å². The van der Waals surface area contributed by atoms with Crippen LogP contribution in [0.1, 0.15) is 11.6 Å². The molecule has 112 valence electrons. The summed E-state index contributed by atoms with van der Waals surface area (Å²) in [6, 6.07) is 9.50. The molecule has 2 aromatic rings. The summed E-state index contributed by atoms with van der Waals surface area (Å²) < 4.78 is 52.7. The molecular formula is C14H13F2NO3S. The third-order valence-electron chi connectivity index (χ3n) is 2.83. The molecule has 0 amide bonds. The maximum absolute atomic E-state index is 13.1. The van der Waals surface area contributed by atoms with Crippen molar-refractivity contribution in [1.82, 2.24) is 4.72 Å². The Bertz CT molecular complexity index is 700. The van der Waals surface area contributed by atoms with Crippen LogP contribution in [0.5, 0.6) is 0 Å². The zero-order valence-electron chi connectivity index (χ0n) is 10.8. The van der Waals surface area contributed by atoms with Crippen molar-refractivity contribution in [2.45, 2.75) is 10.9 Å². The van der Waals surface area contributed by atoms with Crippen LogP contribution >= 0.6 is 0 Å². The van der Waals surface area contributed by atoms with Crippen LogP contribution < -0.4 is 4.72 Å². The number of benzene rings is 2. The first-order valence-electron chi connectivity index (χ1n) is 6.06. The van der Waals surface area contributed by atoms with Crippen molar-refractivity contribution in [3.05, 3.63) is 65.7 Å². The van der Waals surface area contributed by atoms with E-state index < -0.39 is 39.2 Å². The maximum atomic E-state index is 13.1. The van der Waals surface area contributed by atoms with E-state index in [1.165, 1.54) is 0 Å². The normalized spacial score (nSPS) is 13.1. The third-order valence-corrected chi connectivity index (χ3v) is 4.28. The van der Waals surface area contributed by atoms with Crippen molar-refractivity contribution >= 4 is 10.0 Å². The van der Waals surface area contributed by atoms with E-state index in [2.05, 4.69) is 4.72 Å². The fourth-order valence-corrected chi connectivity index (χ4v) is 3.09. The van der Waals surface area contributed by atoms with Gasteiger partial charge in [-0.1, -0.05) is 30.3 Å². The van der Waals surface area contributed by atoms with Gasteiger partial charge >= 0.3 is 0 Å².